The Kier molecular flexibility index (Phi) is 6.94. The third-order valence-electron chi connectivity index (χ3n) is 4.88. The van der Waals surface area contributed by atoms with Gasteiger partial charge in [-0.05, 0) is 17.7 Å². The van der Waals surface area contributed by atoms with Gasteiger partial charge in [0.25, 0.3) is 5.91 Å². The molecule has 160 valence electrons. The normalized spacial score (nSPS) is 11.5. The Morgan fingerprint density at radius 2 is 1.56 bits per heavy atom. The standard InChI is InChI=1S/C25H20ClN3O2S/c26-20-14-8-7-13-19(20)24(31)28-21(17-9-3-1-4-10-17)15-22(30)29-25-23(27-16-32-25)18-11-5-2-6-12-18/h1-14,16,21H,15H2,(H,28,31)(H,29,30). The van der Waals surface area contributed by atoms with Gasteiger partial charge < -0.3 is 10.6 Å². The number of anilines is 1. The predicted octanol–water partition coefficient (Wildman–Crippen LogP) is 5.96. The van der Waals surface area contributed by atoms with Crippen molar-refractivity contribution in [3.05, 3.63) is 107 Å². The minimum Gasteiger partial charge on any atom is -0.345 e. The fraction of sp³-hybridized carbons (Fsp3) is 0.0800. The molecule has 4 rings (SSSR count). The average Bonchev–Trinajstić information content (AvgIpc) is 3.28. The van der Waals surface area contributed by atoms with E-state index in [2.05, 4.69) is 15.6 Å². The van der Waals surface area contributed by atoms with Crippen LogP contribution in [0.2, 0.25) is 5.02 Å². The molecule has 0 saturated carbocycles. The molecule has 0 radical (unpaired) electrons. The van der Waals surface area contributed by atoms with E-state index in [-0.39, 0.29) is 18.2 Å². The maximum Gasteiger partial charge on any atom is 0.253 e. The van der Waals surface area contributed by atoms with E-state index in [1.165, 1.54) is 11.3 Å². The van der Waals surface area contributed by atoms with Crippen molar-refractivity contribution in [2.45, 2.75) is 12.5 Å². The third-order valence-corrected chi connectivity index (χ3v) is 5.95. The monoisotopic (exact) mass is 461 g/mol. The van der Waals surface area contributed by atoms with E-state index in [9.17, 15) is 9.59 Å². The summed E-state index contributed by atoms with van der Waals surface area (Å²) in [6.07, 6.45) is 0.0618. The van der Waals surface area contributed by atoms with Crippen LogP contribution in [0.1, 0.15) is 28.4 Å². The Balaban J connectivity index is 1.52. The van der Waals surface area contributed by atoms with Gasteiger partial charge in [0, 0.05) is 5.56 Å². The van der Waals surface area contributed by atoms with E-state index < -0.39 is 6.04 Å². The maximum absolute atomic E-state index is 13.0. The van der Waals surface area contributed by atoms with Gasteiger partial charge in [0.15, 0.2) is 0 Å². The molecular formula is C25H20ClN3O2S. The number of halogens is 1. The molecule has 2 amide bonds. The number of carbonyl (C=O) groups is 2. The van der Waals surface area contributed by atoms with Crippen LogP contribution in [-0.4, -0.2) is 16.8 Å². The molecule has 0 spiro atoms. The smallest absolute Gasteiger partial charge is 0.253 e. The minimum atomic E-state index is -0.520. The van der Waals surface area contributed by atoms with Gasteiger partial charge in [0.1, 0.15) is 10.7 Å². The highest BCUT2D eigenvalue weighted by molar-refractivity contribution is 7.14. The first-order valence-electron chi connectivity index (χ1n) is 10.0. The number of hydrogen-bond donors (Lipinski definition) is 2. The third kappa shape index (κ3) is 5.22. The first kappa shape index (κ1) is 21.7. The summed E-state index contributed by atoms with van der Waals surface area (Å²) in [5.41, 5.74) is 4.54. The molecule has 7 heteroatoms. The van der Waals surface area contributed by atoms with Gasteiger partial charge in [-0.25, -0.2) is 4.98 Å². The van der Waals surface area contributed by atoms with Crippen LogP contribution in [0.15, 0.2) is 90.4 Å². The van der Waals surface area contributed by atoms with Crippen molar-refractivity contribution in [3.63, 3.8) is 0 Å². The van der Waals surface area contributed by atoms with E-state index in [1.54, 1.807) is 29.8 Å². The van der Waals surface area contributed by atoms with Crippen LogP contribution in [0.25, 0.3) is 11.3 Å². The largest absolute Gasteiger partial charge is 0.345 e. The van der Waals surface area contributed by atoms with Crippen LogP contribution in [0, 0.1) is 0 Å². The molecule has 1 heterocycles. The number of thiazole rings is 1. The highest BCUT2D eigenvalue weighted by Crippen LogP contribution is 2.31. The lowest BCUT2D eigenvalue weighted by molar-refractivity contribution is -0.116. The Bertz CT molecular complexity index is 1210. The lowest BCUT2D eigenvalue weighted by atomic mass is 10.0. The van der Waals surface area contributed by atoms with E-state index in [0.29, 0.717) is 15.6 Å². The molecule has 0 aliphatic rings. The van der Waals surface area contributed by atoms with E-state index in [0.717, 1.165) is 16.8 Å². The molecule has 1 atom stereocenters. The zero-order chi connectivity index (χ0) is 22.3. The molecule has 5 nitrogen and oxygen atoms in total. The molecule has 0 fully saturated rings. The second-order valence-corrected chi connectivity index (χ2v) is 8.33. The summed E-state index contributed by atoms with van der Waals surface area (Å²) in [4.78, 5) is 30.2. The molecule has 4 aromatic rings. The molecule has 2 N–H and O–H groups in total. The quantitative estimate of drug-likeness (QED) is 0.356. The van der Waals surface area contributed by atoms with Crippen molar-refractivity contribution in [1.29, 1.82) is 0 Å². The molecule has 3 aromatic carbocycles. The Morgan fingerprint density at radius 1 is 0.906 bits per heavy atom. The number of aromatic nitrogens is 1. The highest BCUT2D eigenvalue weighted by Gasteiger charge is 2.21. The highest BCUT2D eigenvalue weighted by atomic mass is 35.5. The van der Waals surface area contributed by atoms with Gasteiger partial charge in [-0.15, -0.1) is 11.3 Å². The molecule has 0 saturated heterocycles. The number of nitrogens with zero attached hydrogens (tertiary/aromatic N) is 1. The second-order valence-electron chi connectivity index (χ2n) is 7.06. The van der Waals surface area contributed by atoms with Crippen LogP contribution in [-0.2, 0) is 4.79 Å². The summed E-state index contributed by atoms with van der Waals surface area (Å²) in [5, 5.41) is 6.94. The number of rotatable bonds is 7. The fourth-order valence-corrected chi connectivity index (χ4v) is 4.26. The van der Waals surface area contributed by atoms with Crippen molar-refractivity contribution in [3.8, 4) is 11.3 Å². The molecule has 32 heavy (non-hydrogen) atoms. The van der Waals surface area contributed by atoms with Crippen LogP contribution in [0.4, 0.5) is 5.00 Å². The van der Waals surface area contributed by atoms with Crippen molar-refractivity contribution in [2.75, 3.05) is 5.32 Å². The number of benzene rings is 3. The topological polar surface area (TPSA) is 71.1 Å². The van der Waals surface area contributed by atoms with Gasteiger partial charge in [-0.2, -0.15) is 0 Å². The van der Waals surface area contributed by atoms with Crippen LogP contribution in [0.3, 0.4) is 0 Å². The minimum absolute atomic E-state index is 0.0618. The second kappa shape index (κ2) is 10.2. The predicted molar refractivity (Wildman–Crippen MR) is 129 cm³/mol. The molecule has 1 unspecified atom stereocenters. The first-order chi connectivity index (χ1) is 15.6. The molecular weight excluding hydrogens is 442 g/mol. The molecule has 0 bridgehead atoms. The van der Waals surface area contributed by atoms with E-state index in [1.807, 2.05) is 60.7 Å². The van der Waals surface area contributed by atoms with Crippen molar-refractivity contribution >= 4 is 39.8 Å². The summed E-state index contributed by atoms with van der Waals surface area (Å²) < 4.78 is 0. The van der Waals surface area contributed by atoms with E-state index >= 15 is 0 Å². The summed E-state index contributed by atoms with van der Waals surface area (Å²) in [6.45, 7) is 0. The van der Waals surface area contributed by atoms with Crippen LogP contribution >= 0.6 is 22.9 Å². The lowest BCUT2D eigenvalue weighted by Crippen LogP contribution is -2.31. The van der Waals surface area contributed by atoms with Crippen molar-refractivity contribution in [2.24, 2.45) is 0 Å². The van der Waals surface area contributed by atoms with Gasteiger partial charge in [-0.3, -0.25) is 9.59 Å². The van der Waals surface area contributed by atoms with Gasteiger partial charge in [0.05, 0.1) is 28.6 Å². The zero-order valence-corrected chi connectivity index (χ0v) is 18.6. The Morgan fingerprint density at radius 3 is 2.28 bits per heavy atom. The van der Waals surface area contributed by atoms with Crippen molar-refractivity contribution < 1.29 is 9.59 Å². The molecule has 0 aliphatic carbocycles. The Labute approximate surface area is 195 Å². The Hall–Kier alpha value is -3.48. The van der Waals surface area contributed by atoms with Gasteiger partial charge >= 0.3 is 0 Å². The maximum atomic E-state index is 13.0. The summed E-state index contributed by atoms with van der Waals surface area (Å²) in [5.74, 6) is -0.556. The number of amides is 2. The number of carbonyl (C=O) groups excluding carboxylic acids is 2. The first-order valence-corrected chi connectivity index (χ1v) is 11.3. The van der Waals surface area contributed by atoms with Crippen LogP contribution < -0.4 is 10.6 Å². The summed E-state index contributed by atoms with van der Waals surface area (Å²) in [6, 6.07) is 25.4. The molecule has 1 aromatic heterocycles. The summed E-state index contributed by atoms with van der Waals surface area (Å²) >= 11 is 7.54. The average molecular weight is 462 g/mol. The fourth-order valence-electron chi connectivity index (χ4n) is 3.32. The van der Waals surface area contributed by atoms with E-state index in [4.69, 9.17) is 11.6 Å². The van der Waals surface area contributed by atoms with Gasteiger partial charge in [-0.1, -0.05) is 84.4 Å². The van der Waals surface area contributed by atoms with Gasteiger partial charge in [0.2, 0.25) is 5.91 Å². The molecule has 0 aliphatic heterocycles. The van der Waals surface area contributed by atoms with Crippen molar-refractivity contribution in [1.82, 2.24) is 10.3 Å². The number of hydrogen-bond acceptors (Lipinski definition) is 4. The van der Waals surface area contributed by atoms with Crippen LogP contribution in [0.5, 0.6) is 0 Å². The lowest BCUT2D eigenvalue weighted by Gasteiger charge is -2.19. The number of nitrogens with one attached hydrogen (secondary N) is 2. The summed E-state index contributed by atoms with van der Waals surface area (Å²) in [7, 11) is 0. The SMILES string of the molecule is O=C(CC(NC(=O)c1ccccc1Cl)c1ccccc1)Nc1scnc1-c1ccccc1. The zero-order valence-electron chi connectivity index (χ0n) is 17.0.